The molecule has 1 heterocycles. The lowest BCUT2D eigenvalue weighted by molar-refractivity contribution is 0.0518. The number of aromatic nitrogens is 1. The molecule has 16 heavy (non-hydrogen) atoms. The maximum Gasteiger partial charge on any atom is 0.357 e. The first-order valence-corrected chi connectivity index (χ1v) is 4.69. The van der Waals surface area contributed by atoms with E-state index in [1.807, 2.05) is 0 Å². The Hall–Kier alpha value is -1.72. The summed E-state index contributed by atoms with van der Waals surface area (Å²) in [4.78, 5) is 14.8. The smallest absolute Gasteiger partial charge is 0.357 e. The minimum atomic E-state index is -2.77. The fourth-order valence-electron chi connectivity index (χ4n) is 1.17. The van der Waals surface area contributed by atoms with Crippen molar-refractivity contribution in [3.8, 4) is 0 Å². The first-order chi connectivity index (χ1) is 7.47. The molecule has 0 aliphatic carbocycles. The first-order valence-electron chi connectivity index (χ1n) is 4.69. The molecule has 0 amide bonds. The van der Waals surface area contributed by atoms with Crippen LogP contribution in [0.15, 0.2) is 6.07 Å². The maximum absolute atomic E-state index is 12.6. The molecule has 1 aromatic heterocycles. The van der Waals surface area contributed by atoms with E-state index in [4.69, 9.17) is 5.73 Å². The number of halogens is 2. The predicted molar refractivity (Wildman–Crippen MR) is 54.3 cm³/mol. The number of hydrogen-bond acceptors (Lipinski definition) is 4. The molecule has 0 bridgehead atoms. The van der Waals surface area contributed by atoms with Crippen molar-refractivity contribution in [2.24, 2.45) is 0 Å². The topological polar surface area (TPSA) is 65.2 Å². The van der Waals surface area contributed by atoms with Crippen molar-refractivity contribution < 1.29 is 18.3 Å². The second-order valence-corrected chi connectivity index (χ2v) is 3.13. The van der Waals surface area contributed by atoms with Gasteiger partial charge in [-0.15, -0.1) is 0 Å². The fourth-order valence-corrected chi connectivity index (χ4v) is 1.17. The highest BCUT2D eigenvalue weighted by atomic mass is 19.3. The molecule has 0 saturated carbocycles. The first kappa shape index (κ1) is 12.4. The minimum Gasteiger partial charge on any atom is -0.461 e. The van der Waals surface area contributed by atoms with Gasteiger partial charge in [-0.2, -0.15) is 0 Å². The van der Waals surface area contributed by atoms with Crippen molar-refractivity contribution >= 4 is 11.7 Å². The minimum absolute atomic E-state index is 0.105. The van der Waals surface area contributed by atoms with E-state index < -0.39 is 18.1 Å². The molecule has 0 radical (unpaired) electrons. The number of carbonyl (C=O) groups is 1. The highest BCUT2D eigenvalue weighted by Crippen LogP contribution is 2.25. The lowest BCUT2D eigenvalue weighted by atomic mass is 10.1. The Bertz CT molecular complexity index is 408. The van der Waals surface area contributed by atoms with Crippen LogP contribution in [0.3, 0.4) is 0 Å². The van der Waals surface area contributed by atoms with Gasteiger partial charge in [0.2, 0.25) is 0 Å². The summed E-state index contributed by atoms with van der Waals surface area (Å²) in [5.41, 5.74) is 5.12. The standard InChI is InChI=1S/C10H12F2N2O2/c1-3-16-10(15)7-4-6(13)5(2)8(14-7)9(11)12/h4,9H,3H2,1-2H3,(H2,13,14). The number of nitrogens with two attached hydrogens (primary N) is 1. The van der Waals surface area contributed by atoms with E-state index in [2.05, 4.69) is 9.72 Å². The summed E-state index contributed by atoms with van der Waals surface area (Å²) < 4.78 is 29.8. The zero-order valence-electron chi connectivity index (χ0n) is 8.96. The zero-order chi connectivity index (χ0) is 12.3. The number of nitrogen functional groups attached to an aromatic ring is 1. The summed E-state index contributed by atoms with van der Waals surface area (Å²) in [5, 5.41) is 0. The number of anilines is 1. The lowest BCUT2D eigenvalue weighted by Crippen LogP contribution is -2.11. The summed E-state index contributed by atoms with van der Waals surface area (Å²) >= 11 is 0. The Morgan fingerprint density at radius 3 is 2.75 bits per heavy atom. The van der Waals surface area contributed by atoms with Gasteiger partial charge in [0.15, 0.2) is 5.69 Å². The molecule has 88 valence electrons. The van der Waals surface area contributed by atoms with E-state index >= 15 is 0 Å². The molecule has 0 aromatic carbocycles. The number of nitrogens with zero attached hydrogens (tertiary/aromatic N) is 1. The van der Waals surface area contributed by atoms with Crippen LogP contribution in [0, 0.1) is 6.92 Å². The largest absolute Gasteiger partial charge is 0.461 e. The number of carbonyl (C=O) groups excluding carboxylic acids is 1. The molecule has 1 rings (SSSR count). The van der Waals surface area contributed by atoms with Crippen LogP contribution in [0.2, 0.25) is 0 Å². The van der Waals surface area contributed by atoms with E-state index in [-0.39, 0.29) is 23.6 Å². The van der Waals surface area contributed by atoms with Crippen LogP contribution >= 0.6 is 0 Å². The molecule has 0 saturated heterocycles. The number of esters is 1. The molecular weight excluding hydrogens is 218 g/mol. The second-order valence-electron chi connectivity index (χ2n) is 3.13. The van der Waals surface area contributed by atoms with E-state index in [9.17, 15) is 13.6 Å². The van der Waals surface area contributed by atoms with Crippen molar-refractivity contribution in [3.63, 3.8) is 0 Å². The van der Waals surface area contributed by atoms with Gasteiger partial charge in [0.25, 0.3) is 6.43 Å². The molecule has 0 fully saturated rings. The molecule has 0 aliphatic rings. The van der Waals surface area contributed by atoms with E-state index in [1.54, 1.807) is 6.92 Å². The Labute approximate surface area is 91.4 Å². The second kappa shape index (κ2) is 4.87. The molecule has 0 unspecified atom stereocenters. The quantitative estimate of drug-likeness (QED) is 0.807. The van der Waals surface area contributed by atoms with Crippen molar-refractivity contribution in [1.29, 1.82) is 0 Å². The van der Waals surface area contributed by atoms with Gasteiger partial charge < -0.3 is 10.5 Å². The van der Waals surface area contributed by atoms with Gasteiger partial charge in [0.1, 0.15) is 5.69 Å². The number of rotatable bonds is 3. The predicted octanol–water partition coefficient (Wildman–Crippen LogP) is 2.09. The molecule has 0 spiro atoms. The highest BCUT2D eigenvalue weighted by molar-refractivity contribution is 5.88. The number of alkyl halides is 2. The van der Waals surface area contributed by atoms with Crippen LogP contribution in [0.4, 0.5) is 14.5 Å². The third-order valence-corrected chi connectivity index (χ3v) is 2.04. The van der Waals surface area contributed by atoms with Crippen LogP contribution < -0.4 is 5.73 Å². The van der Waals surface area contributed by atoms with Gasteiger partial charge in [0, 0.05) is 5.69 Å². The van der Waals surface area contributed by atoms with Crippen molar-refractivity contribution in [2.75, 3.05) is 12.3 Å². The number of ether oxygens (including phenoxy) is 1. The van der Waals surface area contributed by atoms with Gasteiger partial charge in [-0.25, -0.2) is 18.6 Å². The van der Waals surface area contributed by atoms with Crippen molar-refractivity contribution in [3.05, 3.63) is 23.0 Å². The van der Waals surface area contributed by atoms with E-state index in [0.717, 1.165) is 0 Å². The van der Waals surface area contributed by atoms with Crippen LogP contribution in [-0.2, 0) is 4.74 Å². The average Bonchev–Trinajstić information content (AvgIpc) is 2.21. The van der Waals surface area contributed by atoms with E-state index in [0.29, 0.717) is 0 Å². The SMILES string of the molecule is CCOC(=O)c1cc(N)c(C)c(C(F)F)n1. The molecule has 2 N–H and O–H groups in total. The molecular formula is C10H12F2N2O2. The van der Waals surface area contributed by atoms with Gasteiger partial charge in [0.05, 0.1) is 6.61 Å². The summed E-state index contributed by atoms with van der Waals surface area (Å²) in [7, 11) is 0. The molecule has 0 atom stereocenters. The van der Waals surface area contributed by atoms with Gasteiger partial charge in [-0.05, 0) is 25.5 Å². The van der Waals surface area contributed by atoms with Crippen molar-refractivity contribution in [2.45, 2.75) is 20.3 Å². The number of hydrogen-bond donors (Lipinski definition) is 1. The van der Waals surface area contributed by atoms with Gasteiger partial charge >= 0.3 is 5.97 Å². The van der Waals surface area contributed by atoms with Gasteiger partial charge in [-0.1, -0.05) is 0 Å². The van der Waals surface area contributed by atoms with Crippen LogP contribution in [0.1, 0.15) is 35.1 Å². The normalized spacial score (nSPS) is 10.6. The summed E-state index contributed by atoms with van der Waals surface area (Å²) in [5.74, 6) is -0.754. The molecule has 4 nitrogen and oxygen atoms in total. The maximum atomic E-state index is 12.6. The monoisotopic (exact) mass is 230 g/mol. The Morgan fingerprint density at radius 1 is 1.62 bits per heavy atom. The summed E-state index contributed by atoms with van der Waals surface area (Å²) in [6.07, 6.45) is -2.77. The third-order valence-electron chi connectivity index (χ3n) is 2.04. The molecule has 1 aromatic rings. The fraction of sp³-hybridized carbons (Fsp3) is 0.400. The van der Waals surface area contributed by atoms with Crippen LogP contribution in [0.5, 0.6) is 0 Å². The number of pyridine rings is 1. The molecule has 6 heteroatoms. The lowest BCUT2D eigenvalue weighted by Gasteiger charge is -2.09. The molecule has 0 aliphatic heterocycles. The van der Waals surface area contributed by atoms with Gasteiger partial charge in [-0.3, -0.25) is 0 Å². The zero-order valence-corrected chi connectivity index (χ0v) is 8.96. The average molecular weight is 230 g/mol. The highest BCUT2D eigenvalue weighted by Gasteiger charge is 2.19. The summed E-state index contributed by atoms with van der Waals surface area (Å²) in [6.45, 7) is 3.19. The Balaban J connectivity index is 3.18. The Morgan fingerprint density at radius 2 is 2.25 bits per heavy atom. The van der Waals surface area contributed by atoms with E-state index in [1.165, 1.54) is 13.0 Å². The third kappa shape index (κ3) is 2.44. The van der Waals surface area contributed by atoms with Crippen LogP contribution in [-0.4, -0.2) is 17.6 Å². The van der Waals surface area contributed by atoms with Crippen molar-refractivity contribution in [1.82, 2.24) is 4.98 Å². The Kier molecular flexibility index (Phi) is 3.76. The van der Waals surface area contributed by atoms with Crippen LogP contribution in [0.25, 0.3) is 0 Å². The summed E-state index contributed by atoms with van der Waals surface area (Å²) in [6, 6.07) is 1.24.